The minimum atomic E-state index is -0.983. The van der Waals surface area contributed by atoms with Crippen LogP contribution in [-0.4, -0.2) is 32.4 Å². The molecule has 6 nitrogen and oxygen atoms in total. The summed E-state index contributed by atoms with van der Waals surface area (Å²) < 4.78 is 1.53. The molecule has 0 aromatic carbocycles. The van der Waals surface area contributed by atoms with Gasteiger partial charge in [0.05, 0.1) is 5.52 Å². The molecule has 0 radical (unpaired) electrons. The van der Waals surface area contributed by atoms with E-state index in [2.05, 4.69) is 10.3 Å². The molecule has 6 heteroatoms. The van der Waals surface area contributed by atoms with Gasteiger partial charge in [0.2, 0.25) is 0 Å². The zero-order valence-electron chi connectivity index (χ0n) is 7.87. The van der Waals surface area contributed by atoms with Crippen LogP contribution >= 0.6 is 0 Å². The fourth-order valence-electron chi connectivity index (χ4n) is 1.44. The summed E-state index contributed by atoms with van der Waals surface area (Å²) in [7, 11) is 0. The lowest BCUT2D eigenvalue weighted by Gasteiger charge is -2.05. The van der Waals surface area contributed by atoms with Crippen LogP contribution < -0.4 is 5.73 Å². The van der Waals surface area contributed by atoms with Crippen molar-refractivity contribution in [1.29, 1.82) is 0 Å². The van der Waals surface area contributed by atoms with Crippen molar-refractivity contribution in [3.63, 3.8) is 0 Å². The molecule has 0 saturated carbocycles. The first-order valence-corrected chi connectivity index (χ1v) is 4.47. The Morgan fingerprint density at radius 3 is 3.07 bits per heavy atom. The van der Waals surface area contributed by atoms with Crippen LogP contribution in [0.5, 0.6) is 0 Å². The van der Waals surface area contributed by atoms with Gasteiger partial charge in [-0.2, -0.15) is 0 Å². The molecule has 0 amide bonds. The fraction of sp³-hybridized carbons (Fsp3) is 0.222. The van der Waals surface area contributed by atoms with E-state index in [1.165, 1.54) is 4.52 Å². The standard InChI is InChI=1S/C9H10N4O2/c10-5-6(9(14)15)8-7-3-1-2-4-13(7)12-11-8/h1-4,6H,5,10H2,(H,14,15). The second-order valence-corrected chi connectivity index (χ2v) is 3.13. The van der Waals surface area contributed by atoms with Crippen molar-refractivity contribution in [2.75, 3.05) is 6.54 Å². The van der Waals surface area contributed by atoms with Crippen LogP contribution in [0.1, 0.15) is 11.6 Å². The second kappa shape index (κ2) is 3.66. The van der Waals surface area contributed by atoms with Crippen molar-refractivity contribution in [1.82, 2.24) is 14.8 Å². The van der Waals surface area contributed by atoms with Crippen LogP contribution in [0.3, 0.4) is 0 Å². The predicted molar refractivity (Wildman–Crippen MR) is 52.4 cm³/mol. The monoisotopic (exact) mass is 206 g/mol. The molecule has 0 saturated heterocycles. The Hall–Kier alpha value is -1.95. The topological polar surface area (TPSA) is 93.5 Å². The van der Waals surface area contributed by atoms with E-state index in [1.54, 1.807) is 24.4 Å². The van der Waals surface area contributed by atoms with Gasteiger partial charge in [0.1, 0.15) is 11.6 Å². The quantitative estimate of drug-likeness (QED) is 0.728. The third-order valence-corrected chi connectivity index (χ3v) is 2.21. The highest BCUT2D eigenvalue weighted by Gasteiger charge is 2.23. The van der Waals surface area contributed by atoms with Crippen LogP contribution in [0.4, 0.5) is 0 Å². The molecule has 2 heterocycles. The number of nitrogens with two attached hydrogens (primary N) is 1. The lowest BCUT2D eigenvalue weighted by molar-refractivity contribution is -0.138. The van der Waals surface area contributed by atoms with Crippen molar-refractivity contribution in [2.45, 2.75) is 5.92 Å². The zero-order valence-corrected chi connectivity index (χ0v) is 7.87. The van der Waals surface area contributed by atoms with Gasteiger partial charge in [-0.1, -0.05) is 11.3 Å². The minimum Gasteiger partial charge on any atom is -0.481 e. The summed E-state index contributed by atoms with van der Waals surface area (Å²) in [5.41, 5.74) is 6.48. The largest absolute Gasteiger partial charge is 0.481 e. The van der Waals surface area contributed by atoms with E-state index < -0.39 is 11.9 Å². The maximum Gasteiger partial charge on any atom is 0.314 e. The number of aliphatic carboxylic acids is 1. The molecule has 1 unspecified atom stereocenters. The maximum atomic E-state index is 10.9. The Labute approximate surface area is 85.3 Å². The van der Waals surface area contributed by atoms with Crippen LogP contribution in [0, 0.1) is 0 Å². The molecule has 0 fully saturated rings. The van der Waals surface area contributed by atoms with Gasteiger partial charge in [0, 0.05) is 12.7 Å². The van der Waals surface area contributed by atoms with E-state index in [-0.39, 0.29) is 6.54 Å². The van der Waals surface area contributed by atoms with Crippen molar-refractivity contribution in [3.05, 3.63) is 30.1 Å². The Balaban J connectivity index is 2.55. The molecule has 0 aliphatic heterocycles. The highest BCUT2D eigenvalue weighted by atomic mass is 16.4. The Kier molecular flexibility index (Phi) is 2.34. The molecule has 78 valence electrons. The molecule has 15 heavy (non-hydrogen) atoms. The smallest absolute Gasteiger partial charge is 0.314 e. The third-order valence-electron chi connectivity index (χ3n) is 2.21. The minimum absolute atomic E-state index is 0.0125. The number of aromatic nitrogens is 3. The van der Waals surface area contributed by atoms with Crippen LogP contribution in [0.2, 0.25) is 0 Å². The van der Waals surface area contributed by atoms with Gasteiger partial charge in [0.25, 0.3) is 0 Å². The van der Waals surface area contributed by atoms with Crippen molar-refractivity contribution in [3.8, 4) is 0 Å². The second-order valence-electron chi connectivity index (χ2n) is 3.13. The summed E-state index contributed by atoms with van der Waals surface area (Å²) in [6.07, 6.45) is 1.71. The normalized spacial score (nSPS) is 12.9. The third kappa shape index (κ3) is 1.55. The summed E-state index contributed by atoms with van der Waals surface area (Å²) in [6, 6.07) is 5.36. The Bertz CT molecular complexity index is 494. The fourth-order valence-corrected chi connectivity index (χ4v) is 1.44. The summed E-state index contributed by atoms with van der Waals surface area (Å²) in [6.45, 7) is 0.0125. The van der Waals surface area contributed by atoms with Gasteiger partial charge in [-0.15, -0.1) is 5.10 Å². The molecule has 0 bridgehead atoms. The molecule has 0 aliphatic carbocycles. The molecular weight excluding hydrogens is 196 g/mol. The zero-order chi connectivity index (χ0) is 10.8. The number of hydrogen-bond donors (Lipinski definition) is 2. The first-order chi connectivity index (χ1) is 7.24. The van der Waals surface area contributed by atoms with Crippen molar-refractivity contribution >= 4 is 11.5 Å². The maximum absolute atomic E-state index is 10.9. The molecule has 1 atom stereocenters. The van der Waals surface area contributed by atoms with Gasteiger partial charge >= 0.3 is 5.97 Å². The average molecular weight is 206 g/mol. The number of carboxylic acids is 1. The Morgan fingerprint density at radius 1 is 1.60 bits per heavy atom. The highest BCUT2D eigenvalue weighted by molar-refractivity contribution is 5.78. The van der Waals surface area contributed by atoms with Crippen molar-refractivity contribution < 1.29 is 9.90 Å². The summed E-state index contributed by atoms with van der Waals surface area (Å²) >= 11 is 0. The number of rotatable bonds is 3. The van der Waals surface area contributed by atoms with Gasteiger partial charge in [-0.05, 0) is 12.1 Å². The molecule has 2 rings (SSSR count). The van der Waals surface area contributed by atoms with Gasteiger partial charge in [0.15, 0.2) is 0 Å². The van der Waals surface area contributed by atoms with E-state index in [1.807, 2.05) is 0 Å². The van der Waals surface area contributed by atoms with Crippen LogP contribution in [0.15, 0.2) is 24.4 Å². The summed E-state index contributed by atoms with van der Waals surface area (Å²) in [4.78, 5) is 10.9. The van der Waals surface area contributed by atoms with E-state index >= 15 is 0 Å². The number of hydrogen-bond acceptors (Lipinski definition) is 4. The van der Waals surface area contributed by atoms with E-state index in [4.69, 9.17) is 10.8 Å². The van der Waals surface area contributed by atoms with Crippen LogP contribution in [-0.2, 0) is 4.79 Å². The van der Waals surface area contributed by atoms with E-state index in [0.717, 1.165) is 0 Å². The molecule has 0 spiro atoms. The predicted octanol–water partition coefficient (Wildman–Crippen LogP) is -0.144. The molecule has 0 aliphatic rings. The number of fused-ring (bicyclic) bond motifs is 1. The van der Waals surface area contributed by atoms with E-state index in [9.17, 15) is 4.79 Å². The van der Waals surface area contributed by atoms with E-state index in [0.29, 0.717) is 11.2 Å². The number of pyridine rings is 1. The molecule has 3 N–H and O–H groups in total. The molecular formula is C9H10N4O2. The van der Waals surface area contributed by atoms with Gasteiger partial charge in [-0.25, -0.2) is 4.52 Å². The van der Waals surface area contributed by atoms with Gasteiger partial charge in [-0.3, -0.25) is 4.79 Å². The summed E-state index contributed by atoms with van der Waals surface area (Å²) in [5.74, 6) is -1.78. The average Bonchev–Trinajstić information content (AvgIpc) is 2.63. The Morgan fingerprint density at radius 2 is 2.40 bits per heavy atom. The number of nitrogens with zero attached hydrogens (tertiary/aromatic N) is 3. The van der Waals surface area contributed by atoms with Crippen LogP contribution in [0.25, 0.3) is 5.52 Å². The highest BCUT2D eigenvalue weighted by Crippen LogP contribution is 2.17. The summed E-state index contributed by atoms with van der Waals surface area (Å²) in [5, 5.41) is 16.6. The SMILES string of the molecule is NCC(C(=O)O)c1nnn2ccccc12. The van der Waals surface area contributed by atoms with Crippen molar-refractivity contribution in [2.24, 2.45) is 5.73 Å². The number of carbonyl (C=O) groups is 1. The molecule has 2 aromatic rings. The first-order valence-electron chi connectivity index (χ1n) is 4.47. The first kappa shape index (κ1) is 9.60. The molecule has 2 aromatic heterocycles. The lowest BCUT2D eigenvalue weighted by Crippen LogP contribution is -2.21. The number of carboxylic acid groups (broad SMARTS) is 1. The van der Waals surface area contributed by atoms with Gasteiger partial charge < -0.3 is 10.8 Å². The lowest BCUT2D eigenvalue weighted by atomic mass is 10.1.